The van der Waals surface area contributed by atoms with Crippen LogP contribution in [0.4, 0.5) is 0 Å². The highest BCUT2D eigenvalue weighted by Gasteiger charge is 2.18. The van der Waals surface area contributed by atoms with Crippen molar-refractivity contribution >= 4 is 5.96 Å². The van der Waals surface area contributed by atoms with Crippen molar-refractivity contribution in [3.05, 3.63) is 0 Å². The summed E-state index contributed by atoms with van der Waals surface area (Å²) >= 11 is 0. The topological polar surface area (TPSA) is 53.6 Å². The maximum absolute atomic E-state index is 5.64. The van der Waals surface area contributed by atoms with Gasteiger partial charge in [-0.05, 0) is 32.1 Å². The number of nitrogens with one attached hydrogen (secondary N) is 1. The molecule has 0 bridgehead atoms. The molecule has 1 unspecified atom stereocenters. The van der Waals surface area contributed by atoms with Crippen molar-refractivity contribution in [1.82, 2.24) is 10.3 Å². The maximum Gasteiger partial charge on any atom is 0.208 e. The van der Waals surface area contributed by atoms with E-state index >= 15 is 0 Å². The van der Waals surface area contributed by atoms with Crippen molar-refractivity contribution < 1.29 is 0 Å². The third-order valence-electron chi connectivity index (χ3n) is 3.82. The van der Waals surface area contributed by atoms with E-state index in [0.717, 1.165) is 12.4 Å². The fourth-order valence-electron chi connectivity index (χ4n) is 2.66. The highest BCUT2D eigenvalue weighted by Crippen LogP contribution is 2.20. The molecule has 0 aromatic heterocycles. The maximum atomic E-state index is 5.64. The predicted molar refractivity (Wildman–Crippen MR) is 78.3 cm³/mol. The van der Waals surface area contributed by atoms with Gasteiger partial charge in [0, 0.05) is 13.1 Å². The number of aliphatic imine (C=N–C) groups is 1. The van der Waals surface area contributed by atoms with Gasteiger partial charge in [0.25, 0.3) is 0 Å². The lowest BCUT2D eigenvalue weighted by Gasteiger charge is -2.30. The van der Waals surface area contributed by atoms with Crippen LogP contribution in [-0.2, 0) is 0 Å². The molecular formula is C14H30N4. The van der Waals surface area contributed by atoms with Crippen LogP contribution in [0.5, 0.6) is 0 Å². The van der Waals surface area contributed by atoms with Gasteiger partial charge in [-0.25, -0.2) is 10.8 Å². The summed E-state index contributed by atoms with van der Waals surface area (Å²) in [6, 6.07) is 0.918. The Morgan fingerprint density at radius 1 is 1.28 bits per heavy atom. The van der Waals surface area contributed by atoms with Gasteiger partial charge in [0.05, 0.1) is 6.04 Å². The molecule has 0 aromatic rings. The first kappa shape index (κ1) is 15.3. The van der Waals surface area contributed by atoms with Crippen LogP contribution in [0.3, 0.4) is 0 Å². The Labute approximate surface area is 112 Å². The lowest BCUT2D eigenvalue weighted by Crippen LogP contribution is -2.47. The van der Waals surface area contributed by atoms with Crippen molar-refractivity contribution in [3.63, 3.8) is 0 Å². The number of guanidine groups is 1. The molecule has 0 heterocycles. The molecule has 106 valence electrons. The molecule has 0 aromatic carbocycles. The second-order valence-electron chi connectivity index (χ2n) is 5.98. The Bertz CT molecular complexity index is 257. The van der Waals surface area contributed by atoms with E-state index < -0.39 is 0 Å². The third kappa shape index (κ3) is 4.84. The first-order chi connectivity index (χ1) is 8.54. The van der Waals surface area contributed by atoms with E-state index in [2.05, 4.69) is 38.1 Å². The van der Waals surface area contributed by atoms with Gasteiger partial charge in [-0.1, -0.05) is 33.1 Å². The van der Waals surface area contributed by atoms with E-state index in [0.29, 0.717) is 18.0 Å². The number of nitrogens with zero attached hydrogens (tertiary/aromatic N) is 2. The second-order valence-corrected chi connectivity index (χ2v) is 5.98. The highest BCUT2D eigenvalue weighted by atomic mass is 15.4. The predicted octanol–water partition coefficient (Wildman–Crippen LogP) is 2.50. The molecule has 4 nitrogen and oxygen atoms in total. The summed E-state index contributed by atoms with van der Waals surface area (Å²) in [5, 5.41) is 0. The van der Waals surface area contributed by atoms with Crippen LogP contribution in [-0.4, -0.2) is 30.0 Å². The number of nitrogens with two attached hydrogens (primary N) is 1. The normalized spacial score (nSPS) is 20.0. The van der Waals surface area contributed by atoms with Crippen LogP contribution in [0, 0.1) is 5.92 Å². The average molecular weight is 254 g/mol. The summed E-state index contributed by atoms with van der Waals surface area (Å²) in [6.07, 6.45) is 7.53. The van der Waals surface area contributed by atoms with Gasteiger partial charge in [0.2, 0.25) is 5.96 Å². The summed E-state index contributed by atoms with van der Waals surface area (Å²) < 4.78 is 0. The van der Waals surface area contributed by atoms with Crippen LogP contribution in [0.1, 0.15) is 59.3 Å². The van der Waals surface area contributed by atoms with E-state index in [1.54, 1.807) is 0 Å². The molecule has 0 aliphatic heterocycles. The lowest BCUT2D eigenvalue weighted by molar-refractivity contribution is 0.319. The minimum atomic E-state index is 0.457. The monoisotopic (exact) mass is 254 g/mol. The molecule has 0 spiro atoms. The summed E-state index contributed by atoms with van der Waals surface area (Å²) in [7, 11) is 2.08. The summed E-state index contributed by atoms with van der Waals surface area (Å²) in [5.74, 6) is 7.17. The highest BCUT2D eigenvalue weighted by molar-refractivity contribution is 5.79. The van der Waals surface area contributed by atoms with Gasteiger partial charge < -0.3 is 4.90 Å². The Morgan fingerprint density at radius 3 is 2.39 bits per heavy atom. The molecule has 1 aliphatic carbocycles. The molecule has 3 N–H and O–H groups in total. The molecule has 0 amide bonds. The Hall–Kier alpha value is -0.770. The first-order valence-electron chi connectivity index (χ1n) is 7.31. The van der Waals surface area contributed by atoms with Crippen molar-refractivity contribution in [2.24, 2.45) is 16.8 Å². The number of hydrogen-bond acceptors (Lipinski definition) is 2. The molecule has 4 heteroatoms. The van der Waals surface area contributed by atoms with Crippen LogP contribution in [0.25, 0.3) is 0 Å². The summed E-state index contributed by atoms with van der Waals surface area (Å²) in [4.78, 5) is 6.96. The molecule has 1 saturated carbocycles. The minimum Gasteiger partial charge on any atom is -0.342 e. The zero-order valence-corrected chi connectivity index (χ0v) is 12.4. The molecule has 1 rings (SSSR count). The number of hydrazine groups is 1. The van der Waals surface area contributed by atoms with Gasteiger partial charge >= 0.3 is 0 Å². The smallest absolute Gasteiger partial charge is 0.208 e. The van der Waals surface area contributed by atoms with Crippen molar-refractivity contribution in [1.29, 1.82) is 0 Å². The van der Waals surface area contributed by atoms with Crippen LogP contribution >= 0.6 is 0 Å². The fraction of sp³-hybridized carbons (Fsp3) is 0.929. The molecule has 1 aliphatic rings. The second kappa shape index (κ2) is 7.62. The zero-order valence-electron chi connectivity index (χ0n) is 12.4. The zero-order chi connectivity index (χ0) is 13.5. The number of hydrogen-bond donors (Lipinski definition) is 2. The van der Waals surface area contributed by atoms with E-state index in [4.69, 9.17) is 10.8 Å². The largest absolute Gasteiger partial charge is 0.342 e. The van der Waals surface area contributed by atoms with E-state index in [9.17, 15) is 0 Å². The quantitative estimate of drug-likeness (QED) is 0.351. The SMILES string of the molecule is CC(C)CC(C)N(C)C(=NC1CCCCC1)NN. The van der Waals surface area contributed by atoms with Crippen LogP contribution in [0.2, 0.25) is 0 Å². The van der Waals surface area contributed by atoms with E-state index in [1.165, 1.54) is 32.1 Å². The Morgan fingerprint density at radius 2 is 1.89 bits per heavy atom. The van der Waals surface area contributed by atoms with Crippen LogP contribution < -0.4 is 11.3 Å². The number of rotatable bonds is 4. The van der Waals surface area contributed by atoms with E-state index in [1.807, 2.05) is 0 Å². The van der Waals surface area contributed by atoms with Crippen molar-refractivity contribution in [2.45, 2.75) is 71.4 Å². The fourth-order valence-corrected chi connectivity index (χ4v) is 2.66. The van der Waals surface area contributed by atoms with Gasteiger partial charge in [-0.3, -0.25) is 5.43 Å². The van der Waals surface area contributed by atoms with Crippen LogP contribution in [0.15, 0.2) is 4.99 Å². The molecule has 0 radical (unpaired) electrons. The molecule has 0 saturated heterocycles. The molecule has 1 atom stereocenters. The molecule has 18 heavy (non-hydrogen) atoms. The summed E-state index contributed by atoms with van der Waals surface area (Å²) in [6.45, 7) is 6.73. The lowest BCUT2D eigenvalue weighted by atomic mass is 9.96. The van der Waals surface area contributed by atoms with Crippen molar-refractivity contribution in [3.8, 4) is 0 Å². The van der Waals surface area contributed by atoms with Gasteiger partial charge in [-0.15, -0.1) is 0 Å². The Balaban J connectivity index is 2.59. The standard InChI is InChI=1S/C14H30N4/c1-11(2)10-12(3)18(4)14(17-15)16-13-8-6-5-7-9-13/h11-13H,5-10,15H2,1-4H3,(H,16,17). The van der Waals surface area contributed by atoms with Gasteiger partial charge in [0.15, 0.2) is 0 Å². The van der Waals surface area contributed by atoms with Gasteiger partial charge in [-0.2, -0.15) is 0 Å². The van der Waals surface area contributed by atoms with Gasteiger partial charge in [0.1, 0.15) is 0 Å². The van der Waals surface area contributed by atoms with Crippen molar-refractivity contribution in [2.75, 3.05) is 7.05 Å². The Kier molecular flexibility index (Phi) is 6.47. The third-order valence-corrected chi connectivity index (χ3v) is 3.82. The molecule has 1 fully saturated rings. The average Bonchev–Trinajstić information content (AvgIpc) is 2.35. The minimum absolute atomic E-state index is 0.457. The summed E-state index contributed by atoms with van der Waals surface area (Å²) in [5.41, 5.74) is 2.78. The first-order valence-corrected chi connectivity index (χ1v) is 7.31. The molecular weight excluding hydrogens is 224 g/mol. The van der Waals surface area contributed by atoms with E-state index in [-0.39, 0.29) is 0 Å².